The van der Waals surface area contributed by atoms with Gasteiger partial charge in [-0.05, 0) is 39.9 Å². The Morgan fingerprint density at radius 2 is 1.86 bits per heavy atom. The van der Waals surface area contributed by atoms with E-state index < -0.39 is 0 Å². The van der Waals surface area contributed by atoms with Crippen LogP contribution < -0.4 is 5.73 Å². The topological polar surface area (TPSA) is 38.5 Å². The maximum Gasteiger partial charge on any atom is 0.0615 e. The van der Waals surface area contributed by atoms with Crippen LogP contribution in [-0.4, -0.2) is 44.8 Å². The molecule has 0 rings (SSSR count). The van der Waals surface area contributed by atoms with Crippen molar-refractivity contribution in [3.63, 3.8) is 0 Å². The molecule has 0 aromatic carbocycles. The molecule has 0 aliphatic carbocycles. The lowest BCUT2D eigenvalue weighted by Crippen LogP contribution is -2.33. The van der Waals surface area contributed by atoms with Crippen LogP contribution >= 0.6 is 0 Å². The molecule has 0 aliphatic heterocycles. The second-order valence-electron chi connectivity index (χ2n) is 3.99. The highest BCUT2D eigenvalue weighted by Crippen LogP contribution is 2.02. The minimum absolute atomic E-state index is 0.523. The van der Waals surface area contributed by atoms with Crippen molar-refractivity contribution in [1.29, 1.82) is 0 Å². The number of likely N-dealkylation sites (N-methyl/N-ethyl adjacent to an activating group) is 1. The van der Waals surface area contributed by atoms with Gasteiger partial charge in [0.15, 0.2) is 0 Å². The third kappa shape index (κ3) is 7.30. The van der Waals surface area contributed by atoms with E-state index >= 15 is 0 Å². The quantitative estimate of drug-likeness (QED) is 0.575. The highest BCUT2D eigenvalue weighted by atomic mass is 16.5. The lowest BCUT2D eigenvalue weighted by atomic mass is 10.2. The standard InChI is InChI=1S/C11H26N2O/c1-11(10-14-3)13(2)9-7-5-4-6-8-12/h11H,4-10,12H2,1-3H3. The predicted octanol–water partition coefficient (Wildman–Crippen LogP) is 1.47. The highest BCUT2D eigenvalue weighted by Gasteiger charge is 2.07. The first kappa shape index (κ1) is 13.9. The Balaban J connectivity index is 3.29. The molecule has 1 unspecified atom stereocenters. The van der Waals surface area contributed by atoms with E-state index in [4.69, 9.17) is 10.5 Å². The van der Waals surface area contributed by atoms with E-state index in [1.165, 1.54) is 19.3 Å². The monoisotopic (exact) mass is 202 g/mol. The zero-order valence-electron chi connectivity index (χ0n) is 9.96. The summed E-state index contributed by atoms with van der Waals surface area (Å²) >= 11 is 0. The fourth-order valence-corrected chi connectivity index (χ4v) is 1.45. The molecule has 3 nitrogen and oxygen atoms in total. The van der Waals surface area contributed by atoms with Gasteiger partial charge in [0.1, 0.15) is 0 Å². The molecule has 0 saturated heterocycles. The Morgan fingerprint density at radius 1 is 1.21 bits per heavy atom. The van der Waals surface area contributed by atoms with Gasteiger partial charge in [-0.3, -0.25) is 0 Å². The van der Waals surface area contributed by atoms with Gasteiger partial charge >= 0.3 is 0 Å². The van der Waals surface area contributed by atoms with Gasteiger partial charge in [0, 0.05) is 13.2 Å². The molecule has 2 N–H and O–H groups in total. The smallest absolute Gasteiger partial charge is 0.0615 e. The zero-order chi connectivity index (χ0) is 10.8. The molecule has 1 atom stereocenters. The van der Waals surface area contributed by atoms with E-state index in [9.17, 15) is 0 Å². The van der Waals surface area contributed by atoms with Gasteiger partial charge < -0.3 is 15.4 Å². The third-order valence-corrected chi connectivity index (χ3v) is 2.63. The summed E-state index contributed by atoms with van der Waals surface area (Å²) in [5, 5.41) is 0. The van der Waals surface area contributed by atoms with E-state index in [1.807, 2.05) is 0 Å². The molecule has 0 aromatic rings. The Labute approximate surface area is 88.6 Å². The van der Waals surface area contributed by atoms with Gasteiger partial charge in [-0.15, -0.1) is 0 Å². The maximum atomic E-state index is 5.43. The van der Waals surface area contributed by atoms with Crippen LogP contribution in [0.25, 0.3) is 0 Å². The Bertz CT molecular complexity index is 120. The van der Waals surface area contributed by atoms with Gasteiger partial charge in [0.05, 0.1) is 6.61 Å². The molecular formula is C11H26N2O. The Hall–Kier alpha value is -0.120. The van der Waals surface area contributed by atoms with Crippen molar-refractivity contribution in [3.8, 4) is 0 Å². The van der Waals surface area contributed by atoms with Crippen molar-refractivity contribution < 1.29 is 4.74 Å². The average Bonchev–Trinajstić information content (AvgIpc) is 2.17. The summed E-state index contributed by atoms with van der Waals surface area (Å²) in [7, 11) is 3.91. The van der Waals surface area contributed by atoms with Crippen molar-refractivity contribution in [3.05, 3.63) is 0 Å². The number of nitrogens with two attached hydrogens (primary N) is 1. The SMILES string of the molecule is COCC(C)N(C)CCCCCCN. The molecule has 0 spiro atoms. The van der Waals surface area contributed by atoms with E-state index in [1.54, 1.807) is 7.11 Å². The predicted molar refractivity (Wildman–Crippen MR) is 61.5 cm³/mol. The second-order valence-corrected chi connectivity index (χ2v) is 3.99. The molecule has 3 heteroatoms. The molecular weight excluding hydrogens is 176 g/mol. The van der Waals surface area contributed by atoms with Crippen molar-refractivity contribution in [2.24, 2.45) is 5.73 Å². The summed E-state index contributed by atoms with van der Waals surface area (Å²) < 4.78 is 5.11. The normalized spacial score (nSPS) is 13.5. The first-order valence-corrected chi connectivity index (χ1v) is 5.61. The minimum Gasteiger partial charge on any atom is -0.383 e. The number of rotatable bonds is 9. The zero-order valence-corrected chi connectivity index (χ0v) is 9.96. The molecule has 0 radical (unpaired) electrons. The molecule has 0 aromatic heterocycles. The fourth-order valence-electron chi connectivity index (χ4n) is 1.45. The lowest BCUT2D eigenvalue weighted by molar-refractivity contribution is 0.114. The molecule has 0 fully saturated rings. The van der Waals surface area contributed by atoms with Crippen LogP contribution in [0.3, 0.4) is 0 Å². The van der Waals surface area contributed by atoms with Gasteiger partial charge in [0.25, 0.3) is 0 Å². The second kappa shape index (κ2) is 9.44. The lowest BCUT2D eigenvalue weighted by Gasteiger charge is -2.23. The maximum absolute atomic E-state index is 5.43. The third-order valence-electron chi connectivity index (χ3n) is 2.63. The first-order chi connectivity index (χ1) is 6.72. The van der Waals surface area contributed by atoms with Crippen molar-refractivity contribution in [2.45, 2.75) is 38.6 Å². The minimum atomic E-state index is 0.523. The summed E-state index contributed by atoms with van der Waals surface area (Å²) in [6.45, 7) is 5.01. The van der Waals surface area contributed by atoms with Crippen molar-refractivity contribution in [2.75, 3.05) is 33.9 Å². The average molecular weight is 202 g/mol. The van der Waals surface area contributed by atoms with E-state index in [2.05, 4.69) is 18.9 Å². The van der Waals surface area contributed by atoms with Crippen LogP contribution in [0.4, 0.5) is 0 Å². The Kier molecular flexibility index (Phi) is 9.35. The fraction of sp³-hybridized carbons (Fsp3) is 1.00. The number of ether oxygens (including phenoxy) is 1. The molecule has 0 bridgehead atoms. The van der Waals surface area contributed by atoms with Crippen molar-refractivity contribution in [1.82, 2.24) is 4.90 Å². The molecule has 86 valence electrons. The summed E-state index contributed by atoms with van der Waals surface area (Å²) in [6.07, 6.45) is 4.99. The van der Waals surface area contributed by atoms with Crippen molar-refractivity contribution >= 4 is 0 Å². The summed E-state index contributed by atoms with van der Waals surface area (Å²) in [5.41, 5.74) is 5.43. The van der Waals surface area contributed by atoms with Crippen LogP contribution in [0.5, 0.6) is 0 Å². The summed E-state index contributed by atoms with van der Waals surface area (Å²) in [6, 6.07) is 0.523. The largest absolute Gasteiger partial charge is 0.383 e. The van der Waals surface area contributed by atoms with Crippen LogP contribution in [0, 0.1) is 0 Å². The molecule has 0 amide bonds. The van der Waals surface area contributed by atoms with Crippen LogP contribution in [0.2, 0.25) is 0 Å². The van der Waals surface area contributed by atoms with Crippen LogP contribution in [0.15, 0.2) is 0 Å². The molecule has 14 heavy (non-hydrogen) atoms. The molecule has 0 heterocycles. The van der Waals surface area contributed by atoms with Gasteiger partial charge in [-0.1, -0.05) is 12.8 Å². The van der Waals surface area contributed by atoms with E-state index in [0.29, 0.717) is 6.04 Å². The molecule has 0 saturated carbocycles. The molecule has 0 aliphatic rings. The van der Waals surface area contributed by atoms with Crippen LogP contribution in [0.1, 0.15) is 32.6 Å². The summed E-state index contributed by atoms with van der Waals surface area (Å²) in [5.74, 6) is 0. The van der Waals surface area contributed by atoms with Gasteiger partial charge in [-0.25, -0.2) is 0 Å². The van der Waals surface area contributed by atoms with Crippen LogP contribution in [-0.2, 0) is 4.74 Å². The number of hydrogen-bond acceptors (Lipinski definition) is 3. The Morgan fingerprint density at radius 3 is 2.43 bits per heavy atom. The number of nitrogens with zero attached hydrogens (tertiary/aromatic N) is 1. The van der Waals surface area contributed by atoms with Gasteiger partial charge in [-0.2, -0.15) is 0 Å². The summed E-state index contributed by atoms with van der Waals surface area (Å²) in [4.78, 5) is 2.35. The number of hydrogen-bond donors (Lipinski definition) is 1. The van der Waals surface area contributed by atoms with E-state index in [0.717, 1.165) is 26.1 Å². The van der Waals surface area contributed by atoms with E-state index in [-0.39, 0.29) is 0 Å². The highest BCUT2D eigenvalue weighted by molar-refractivity contribution is 4.61. The first-order valence-electron chi connectivity index (χ1n) is 5.61. The number of methoxy groups -OCH3 is 1. The van der Waals surface area contributed by atoms with Gasteiger partial charge in [0.2, 0.25) is 0 Å². The number of unbranched alkanes of at least 4 members (excludes halogenated alkanes) is 3.